The van der Waals surface area contributed by atoms with Crippen molar-refractivity contribution in [3.8, 4) is 11.5 Å². The van der Waals surface area contributed by atoms with Crippen LogP contribution >= 0.6 is 0 Å². The molecule has 0 bridgehead atoms. The number of rotatable bonds is 7. The van der Waals surface area contributed by atoms with Crippen LogP contribution in [0.15, 0.2) is 73.1 Å². The number of aryl methyl sites for hydroxylation is 1. The van der Waals surface area contributed by atoms with Crippen LogP contribution in [0.1, 0.15) is 32.0 Å². The molecule has 9 heteroatoms. The lowest BCUT2D eigenvalue weighted by Crippen LogP contribution is -2.23. The molecule has 4 aromatic rings. The maximum atomic E-state index is 13.4. The number of pyridine rings is 1. The van der Waals surface area contributed by atoms with Crippen molar-refractivity contribution in [3.05, 3.63) is 101 Å². The van der Waals surface area contributed by atoms with E-state index in [2.05, 4.69) is 20.7 Å². The van der Waals surface area contributed by atoms with E-state index in [0.29, 0.717) is 34.0 Å². The number of carbonyl (C=O) groups is 2. The van der Waals surface area contributed by atoms with Crippen molar-refractivity contribution in [2.24, 2.45) is 7.05 Å². The van der Waals surface area contributed by atoms with Crippen LogP contribution in [0.3, 0.4) is 0 Å². The number of anilines is 1. The highest BCUT2D eigenvalue weighted by Crippen LogP contribution is 2.28. The first-order valence-electron chi connectivity index (χ1n) is 10.5. The van der Waals surface area contributed by atoms with Gasteiger partial charge in [0.2, 0.25) is 0 Å². The molecule has 0 atom stereocenters. The summed E-state index contributed by atoms with van der Waals surface area (Å²) < 4.78 is 20.9. The van der Waals surface area contributed by atoms with Gasteiger partial charge in [0, 0.05) is 43.2 Å². The lowest BCUT2D eigenvalue weighted by molar-refractivity contribution is 0.0949. The molecule has 0 fully saturated rings. The highest BCUT2D eigenvalue weighted by Gasteiger charge is 2.14. The Morgan fingerprint density at radius 1 is 1.06 bits per heavy atom. The minimum Gasteiger partial charge on any atom is -0.457 e. The van der Waals surface area contributed by atoms with Gasteiger partial charge < -0.3 is 15.4 Å². The van der Waals surface area contributed by atoms with E-state index in [0.717, 1.165) is 0 Å². The molecule has 0 aliphatic heterocycles. The molecular formula is C25H22FN5O3. The van der Waals surface area contributed by atoms with Gasteiger partial charge in [-0.15, -0.1) is 0 Å². The molecule has 0 spiro atoms. The van der Waals surface area contributed by atoms with Gasteiger partial charge in [-0.1, -0.05) is 18.2 Å². The van der Waals surface area contributed by atoms with Crippen LogP contribution < -0.4 is 15.4 Å². The molecular weight excluding hydrogens is 437 g/mol. The van der Waals surface area contributed by atoms with E-state index in [4.69, 9.17) is 4.74 Å². The third kappa shape index (κ3) is 5.44. The number of nitrogens with zero attached hydrogens (tertiary/aromatic N) is 3. The van der Waals surface area contributed by atoms with Crippen molar-refractivity contribution in [2.45, 2.75) is 13.5 Å². The highest BCUT2D eigenvalue weighted by molar-refractivity contribution is 6.02. The molecule has 2 aromatic carbocycles. The van der Waals surface area contributed by atoms with E-state index in [-0.39, 0.29) is 24.0 Å². The van der Waals surface area contributed by atoms with E-state index in [1.807, 2.05) is 0 Å². The largest absolute Gasteiger partial charge is 0.457 e. The predicted octanol–water partition coefficient (Wildman–Crippen LogP) is 4.24. The summed E-state index contributed by atoms with van der Waals surface area (Å²) in [5, 5.41) is 9.54. The molecule has 2 aromatic heterocycles. The average Bonchev–Trinajstić information content (AvgIpc) is 3.26. The molecule has 0 saturated heterocycles. The Kier molecular flexibility index (Phi) is 6.63. The third-order valence-corrected chi connectivity index (χ3v) is 5.02. The zero-order valence-corrected chi connectivity index (χ0v) is 18.6. The first-order chi connectivity index (χ1) is 16.4. The van der Waals surface area contributed by atoms with Gasteiger partial charge in [-0.2, -0.15) is 5.10 Å². The fourth-order valence-corrected chi connectivity index (χ4v) is 3.28. The van der Waals surface area contributed by atoms with Crippen molar-refractivity contribution in [2.75, 3.05) is 5.32 Å². The lowest BCUT2D eigenvalue weighted by Gasteiger charge is -2.13. The molecule has 0 aliphatic rings. The summed E-state index contributed by atoms with van der Waals surface area (Å²) in [6.07, 6.45) is 3.18. The first kappa shape index (κ1) is 22.7. The third-order valence-electron chi connectivity index (χ3n) is 5.02. The zero-order valence-electron chi connectivity index (χ0n) is 18.6. The van der Waals surface area contributed by atoms with E-state index >= 15 is 0 Å². The normalized spacial score (nSPS) is 10.6. The smallest absolute Gasteiger partial charge is 0.277 e. The second kappa shape index (κ2) is 9.95. The quantitative estimate of drug-likeness (QED) is 0.431. The maximum absolute atomic E-state index is 13.4. The van der Waals surface area contributed by atoms with Crippen molar-refractivity contribution >= 4 is 17.6 Å². The fourth-order valence-electron chi connectivity index (χ4n) is 3.28. The SMILES string of the molecule is Cc1c(Oc2ccnc(NC(=O)c3ccn(C)n3)c2)cccc1C(=O)NCc1cccc(F)c1. The molecule has 2 heterocycles. The van der Waals surface area contributed by atoms with Crippen LogP contribution in [0.2, 0.25) is 0 Å². The summed E-state index contributed by atoms with van der Waals surface area (Å²) >= 11 is 0. The van der Waals surface area contributed by atoms with Gasteiger partial charge in [-0.3, -0.25) is 14.3 Å². The summed E-state index contributed by atoms with van der Waals surface area (Å²) in [6, 6.07) is 16.0. The molecule has 2 N–H and O–H groups in total. The Bertz CT molecular complexity index is 1350. The van der Waals surface area contributed by atoms with Crippen molar-refractivity contribution in [1.29, 1.82) is 0 Å². The number of halogens is 1. The lowest BCUT2D eigenvalue weighted by atomic mass is 10.1. The number of hydrogen-bond acceptors (Lipinski definition) is 5. The van der Waals surface area contributed by atoms with Crippen molar-refractivity contribution in [1.82, 2.24) is 20.1 Å². The highest BCUT2D eigenvalue weighted by atomic mass is 19.1. The second-order valence-electron chi connectivity index (χ2n) is 7.55. The molecule has 0 saturated carbocycles. The van der Waals surface area contributed by atoms with Gasteiger partial charge in [0.15, 0.2) is 5.69 Å². The molecule has 0 radical (unpaired) electrons. The Labute approximate surface area is 195 Å². The van der Waals surface area contributed by atoms with Crippen LogP contribution in [-0.4, -0.2) is 26.6 Å². The summed E-state index contributed by atoms with van der Waals surface area (Å²) in [4.78, 5) is 29.2. The minimum absolute atomic E-state index is 0.199. The summed E-state index contributed by atoms with van der Waals surface area (Å²) in [6.45, 7) is 1.97. The monoisotopic (exact) mass is 459 g/mol. The zero-order chi connectivity index (χ0) is 24.1. The number of benzene rings is 2. The molecule has 2 amide bonds. The van der Waals surface area contributed by atoms with Crippen LogP contribution in [0.4, 0.5) is 10.2 Å². The van der Waals surface area contributed by atoms with Crippen molar-refractivity contribution < 1.29 is 18.7 Å². The number of amides is 2. The summed E-state index contributed by atoms with van der Waals surface area (Å²) in [5.74, 6) is 0.170. The Morgan fingerprint density at radius 2 is 1.88 bits per heavy atom. The van der Waals surface area contributed by atoms with Gasteiger partial charge in [-0.25, -0.2) is 9.37 Å². The average molecular weight is 459 g/mol. The minimum atomic E-state index is -0.390. The van der Waals surface area contributed by atoms with Crippen LogP contribution in [0.25, 0.3) is 0 Å². The Balaban J connectivity index is 1.45. The van der Waals surface area contributed by atoms with Crippen molar-refractivity contribution in [3.63, 3.8) is 0 Å². The van der Waals surface area contributed by atoms with E-state index in [1.165, 1.54) is 23.0 Å². The predicted molar refractivity (Wildman–Crippen MR) is 124 cm³/mol. The molecule has 34 heavy (non-hydrogen) atoms. The van der Waals surface area contributed by atoms with Crippen LogP contribution in [-0.2, 0) is 13.6 Å². The van der Waals surface area contributed by atoms with Gasteiger partial charge in [-0.05, 0) is 48.9 Å². The number of carbonyl (C=O) groups excluding carboxylic acids is 2. The van der Waals surface area contributed by atoms with E-state index in [1.54, 1.807) is 68.7 Å². The molecule has 0 unspecified atom stereocenters. The number of hydrogen-bond donors (Lipinski definition) is 2. The number of nitrogens with one attached hydrogen (secondary N) is 2. The second-order valence-corrected chi connectivity index (χ2v) is 7.55. The topological polar surface area (TPSA) is 98.1 Å². The van der Waals surface area contributed by atoms with E-state index < -0.39 is 5.91 Å². The Morgan fingerprint density at radius 3 is 2.65 bits per heavy atom. The van der Waals surface area contributed by atoms with Gasteiger partial charge in [0.1, 0.15) is 23.1 Å². The molecule has 172 valence electrons. The number of aromatic nitrogens is 3. The fraction of sp³-hybridized carbons (Fsp3) is 0.120. The van der Waals surface area contributed by atoms with Gasteiger partial charge in [0.25, 0.3) is 11.8 Å². The standard InChI is InChI=1S/C25H22FN5O3/c1-16-20(24(32)28-15-17-5-3-6-18(26)13-17)7-4-8-22(16)34-19-9-11-27-23(14-19)29-25(33)21-10-12-31(2)30-21/h3-14H,15H2,1-2H3,(H,28,32)(H,27,29,33). The molecule has 8 nitrogen and oxygen atoms in total. The Hall–Kier alpha value is -4.53. The van der Waals surface area contributed by atoms with Gasteiger partial charge >= 0.3 is 0 Å². The summed E-state index contributed by atoms with van der Waals surface area (Å²) in [7, 11) is 1.72. The van der Waals surface area contributed by atoms with Crippen LogP contribution in [0.5, 0.6) is 11.5 Å². The van der Waals surface area contributed by atoms with Crippen LogP contribution in [0, 0.1) is 12.7 Å². The molecule has 4 rings (SSSR count). The first-order valence-corrected chi connectivity index (χ1v) is 10.5. The molecule has 0 aliphatic carbocycles. The summed E-state index contributed by atoms with van der Waals surface area (Å²) in [5.41, 5.74) is 2.00. The van der Waals surface area contributed by atoms with Gasteiger partial charge in [0.05, 0.1) is 0 Å². The van der Waals surface area contributed by atoms with E-state index in [9.17, 15) is 14.0 Å². The maximum Gasteiger partial charge on any atom is 0.277 e. The number of ether oxygens (including phenoxy) is 1.